The Hall–Kier alpha value is -3.09. The molecule has 0 amide bonds. The molecular formula is C25H30F6N4O2S. The van der Waals surface area contributed by atoms with Crippen LogP contribution in [0.5, 0.6) is 5.75 Å². The van der Waals surface area contributed by atoms with Crippen molar-refractivity contribution in [3.63, 3.8) is 0 Å². The summed E-state index contributed by atoms with van der Waals surface area (Å²) in [4.78, 5) is 22.4. The molecule has 1 aromatic carbocycles. The van der Waals surface area contributed by atoms with E-state index < -0.39 is 29.5 Å². The SMILES string of the molecule is CC.CC.Cc1nc(N2CCc3cc(OCC(F)(F)F)ccc3C2)nc(=O)n1Cc1ccc(C(F)(F)F)s1. The fourth-order valence-electron chi connectivity index (χ4n) is 3.56. The number of alkyl halides is 6. The average Bonchev–Trinajstić information content (AvgIpc) is 3.36. The largest absolute Gasteiger partial charge is 0.484 e. The summed E-state index contributed by atoms with van der Waals surface area (Å²) in [5.74, 6) is 0.615. The highest BCUT2D eigenvalue weighted by molar-refractivity contribution is 7.12. The van der Waals surface area contributed by atoms with E-state index in [0.29, 0.717) is 41.5 Å². The Bertz CT molecular complexity index is 1250. The quantitative estimate of drug-likeness (QED) is 0.326. The minimum Gasteiger partial charge on any atom is -0.484 e. The molecule has 0 N–H and O–H groups in total. The maximum absolute atomic E-state index is 12.8. The maximum Gasteiger partial charge on any atom is 0.425 e. The maximum atomic E-state index is 12.8. The molecule has 6 nitrogen and oxygen atoms in total. The zero-order chi connectivity index (χ0) is 28.7. The molecule has 0 saturated heterocycles. The first-order valence-corrected chi connectivity index (χ1v) is 12.9. The summed E-state index contributed by atoms with van der Waals surface area (Å²) >= 11 is 0.559. The lowest BCUT2D eigenvalue weighted by atomic mass is 10.00. The Morgan fingerprint density at radius 1 is 0.974 bits per heavy atom. The van der Waals surface area contributed by atoms with Crippen molar-refractivity contribution in [1.82, 2.24) is 14.5 Å². The van der Waals surface area contributed by atoms with E-state index in [9.17, 15) is 31.1 Å². The summed E-state index contributed by atoms with van der Waals surface area (Å²) in [5, 5.41) is 0. The third-order valence-corrected chi connectivity index (χ3v) is 6.32. The zero-order valence-corrected chi connectivity index (χ0v) is 22.5. The summed E-state index contributed by atoms with van der Waals surface area (Å²) in [6.45, 7) is 8.91. The molecule has 13 heteroatoms. The average molecular weight is 565 g/mol. The molecule has 38 heavy (non-hydrogen) atoms. The lowest BCUT2D eigenvalue weighted by molar-refractivity contribution is -0.153. The number of ether oxygens (including phenoxy) is 1. The van der Waals surface area contributed by atoms with Crippen molar-refractivity contribution in [2.24, 2.45) is 0 Å². The first kappa shape index (κ1) is 31.1. The Morgan fingerprint density at radius 2 is 1.66 bits per heavy atom. The van der Waals surface area contributed by atoms with Crippen LogP contribution in [-0.4, -0.2) is 33.9 Å². The summed E-state index contributed by atoms with van der Waals surface area (Å²) < 4.78 is 81.6. The van der Waals surface area contributed by atoms with Crippen LogP contribution >= 0.6 is 11.3 Å². The third-order valence-electron chi connectivity index (χ3n) is 5.21. The molecule has 1 aliphatic rings. The Morgan fingerprint density at radius 3 is 2.24 bits per heavy atom. The summed E-state index contributed by atoms with van der Waals surface area (Å²) in [7, 11) is 0. The van der Waals surface area contributed by atoms with Gasteiger partial charge in [0.05, 0.1) is 6.54 Å². The van der Waals surface area contributed by atoms with Gasteiger partial charge >= 0.3 is 18.0 Å². The minimum atomic E-state index is -4.45. The number of aryl methyl sites for hydroxylation is 1. The number of nitrogens with zero attached hydrogens (tertiary/aromatic N) is 4. The van der Waals surface area contributed by atoms with Gasteiger partial charge in [0, 0.05) is 18.0 Å². The van der Waals surface area contributed by atoms with Crippen LogP contribution in [0.25, 0.3) is 0 Å². The second kappa shape index (κ2) is 13.1. The fourth-order valence-corrected chi connectivity index (χ4v) is 4.43. The summed E-state index contributed by atoms with van der Waals surface area (Å²) in [5.41, 5.74) is 1.04. The van der Waals surface area contributed by atoms with Crippen LogP contribution in [0.4, 0.5) is 32.3 Å². The summed E-state index contributed by atoms with van der Waals surface area (Å²) in [6, 6.07) is 6.98. The normalized spacial score (nSPS) is 13.1. The van der Waals surface area contributed by atoms with Crippen LogP contribution in [0.2, 0.25) is 0 Å². The monoisotopic (exact) mass is 564 g/mol. The van der Waals surface area contributed by atoms with Crippen LogP contribution in [0, 0.1) is 6.92 Å². The van der Waals surface area contributed by atoms with Gasteiger partial charge in [-0.1, -0.05) is 33.8 Å². The molecule has 0 saturated carbocycles. The minimum absolute atomic E-state index is 0.0742. The topological polar surface area (TPSA) is 60.2 Å². The highest BCUT2D eigenvalue weighted by Crippen LogP contribution is 2.35. The predicted octanol–water partition coefficient (Wildman–Crippen LogP) is 6.63. The van der Waals surface area contributed by atoms with Crippen LogP contribution in [0.15, 0.2) is 35.1 Å². The van der Waals surface area contributed by atoms with E-state index in [0.717, 1.165) is 17.2 Å². The van der Waals surface area contributed by atoms with Crippen molar-refractivity contribution < 1.29 is 31.1 Å². The third kappa shape index (κ3) is 8.20. The van der Waals surface area contributed by atoms with Crippen molar-refractivity contribution in [3.05, 3.63) is 67.5 Å². The molecule has 1 aliphatic heterocycles. The van der Waals surface area contributed by atoms with E-state index >= 15 is 0 Å². The van der Waals surface area contributed by atoms with Gasteiger partial charge in [-0.3, -0.25) is 4.57 Å². The van der Waals surface area contributed by atoms with Gasteiger partial charge in [-0.25, -0.2) is 4.79 Å². The summed E-state index contributed by atoms with van der Waals surface area (Å²) in [6.07, 6.45) is -8.38. The molecule has 0 aliphatic carbocycles. The molecule has 0 spiro atoms. The molecule has 0 atom stereocenters. The second-order valence-electron chi connectivity index (χ2n) is 7.71. The zero-order valence-electron chi connectivity index (χ0n) is 21.7. The molecule has 210 valence electrons. The van der Waals surface area contributed by atoms with E-state index in [2.05, 4.69) is 9.97 Å². The number of hydrogen-bond acceptors (Lipinski definition) is 6. The van der Waals surface area contributed by atoms with Crippen LogP contribution < -0.4 is 15.3 Å². The first-order chi connectivity index (χ1) is 17.9. The number of hydrogen-bond donors (Lipinski definition) is 0. The second-order valence-corrected chi connectivity index (χ2v) is 8.88. The van der Waals surface area contributed by atoms with Crippen LogP contribution in [0.3, 0.4) is 0 Å². The number of benzene rings is 1. The standard InChI is InChI=1S/C21H18F6N4O2S.2C2H6/c1-12-28-18(29-19(32)31(12)10-16-4-5-17(34-16)21(25,26)27)30-7-6-13-8-15(3-2-14(13)9-30)33-11-20(22,23)24;2*1-2/h2-5,8H,6-7,9-11H2,1H3;2*1-2H3. The van der Waals surface area contributed by atoms with E-state index in [4.69, 9.17) is 4.74 Å². The van der Waals surface area contributed by atoms with E-state index in [1.165, 1.54) is 16.7 Å². The number of aromatic nitrogens is 3. The molecule has 0 fully saturated rings. The molecule has 2 aromatic heterocycles. The van der Waals surface area contributed by atoms with Gasteiger partial charge in [-0.2, -0.15) is 36.3 Å². The molecule has 0 radical (unpaired) electrons. The highest BCUT2D eigenvalue weighted by Gasteiger charge is 2.32. The van der Waals surface area contributed by atoms with Gasteiger partial charge in [0.1, 0.15) is 16.5 Å². The van der Waals surface area contributed by atoms with Gasteiger partial charge in [-0.15, -0.1) is 11.3 Å². The lowest BCUT2D eigenvalue weighted by Gasteiger charge is -2.29. The molecule has 0 bridgehead atoms. The van der Waals surface area contributed by atoms with Gasteiger partial charge < -0.3 is 9.64 Å². The number of halogens is 6. The molecule has 3 heterocycles. The Labute approximate surface area is 220 Å². The van der Waals surface area contributed by atoms with Gasteiger partial charge in [-0.05, 0) is 48.7 Å². The molecule has 4 rings (SSSR count). The van der Waals surface area contributed by atoms with Gasteiger partial charge in [0.2, 0.25) is 5.95 Å². The number of anilines is 1. The smallest absolute Gasteiger partial charge is 0.425 e. The fraction of sp³-hybridized carbons (Fsp3) is 0.480. The van der Waals surface area contributed by atoms with Crippen LogP contribution in [-0.2, 0) is 25.7 Å². The highest BCUT2D eigenvalue weighted by atomic mass is 32.1. The Kier molecular flexibility index (Phi) is 10.7. The number of fused-ring (bicyclic) bond motifs is 1. The molecule has 0 unspecified atom stereocenters. The van der Waals surface area contributed by atoms with Gasteiger partial charge in [0.15, 0.2) is 6.61 Å². The van der Waals surface area contributed by atoms with Crippen molar-refractivity contribution >= 4 is 17.3 Å². The van der Waals surface area contributed by atoms with E-state index in [-0.39, 0.29) is 18.2 Å². The van der Waals surface area contributed by atoms with Crippen molar-refractivity contribution in [1.29, 1.82) is 0 Å². The van der Waals surface area contributed by atoms with Gasteiger partial charge in [0.25, 0.3) is 0 Å². The predicted molar refractivity (Wildman–Crippen MR) is 135 cm³/mol. The number of rotatable bonds is 5. The van der Waals surface area contributed by atoms with E-state index in [1.807, 2.05) is 27.7 Å². The Balaban J connectivity index is 0.00000121. The van der Waals surface area contributed by atoms with Crippen molar-refractivity contribution in [2.75, 3.05) is 18.1 Å². The van der Waals surface area contributed by atoms with Crippen molar-refractivity contribution in [2.45, 2.75) is 66.5 Å². The number of thiophene rings is 1. The van der Waals surface area contributed by atoms with E-state index in [1.54, 1.807) is 24.0 Å². The van der Waals surface area contributed by atoms with Crippen molar-refractivity contribution in [3.8, 4) is 5.75 Å². The van der Waals surface area contributed by atoms with Crippen LogP contribution in [0.1, 0.15) is 54.4 Å². The molecular weight excluding hydrogens is 534 g/mol. The molecule has 3 aromatic rings. The first-order valence-electron chi connectivity index (χ1n) is 12.1. The lowest BCUT2D eigenvalue weighted by Crippen LogP contribution is -2.36.